The van der Waals surface area contributed by atoms with Crippen molar-refractivity contribution >= 4 is 11.7 Å². The lowest BCUT2D eigenvalue weighted by molar-refractivity contribution is -0.136. The Morgan fingerprint density at radius 2 is 1.95 bits per heavy atom. The molecule has 0 saturated heterocycles. The third kappa shape index (κ3) is 5.53. The van der Waals surface area contributed by atoms with Crippen LogP contribution in [0.1, 0.15) is 26.7 Å². The summed E-state index contributed by atoms with van der Waals surface area (Å²) in [5.74, 6) is 1.21. The Morgan fingerprint density at radius 1 is 1.24 bits per heavy atom. The SMILES string of the molecule is COc1ccc(OC)c(N(CCC(=O)O)CCC(C)C)c1. The Morgan fingerprint density at radius 3 is 2.48 bits per heavy atom. The van der Waals surface area contributed by atoms with E-state index in [1.165, 1.54) is 0 Å². The number of carboxylic acids is 1. The van der Waals surface area contributed by atoms with Crippen LogP contribution in [0.2, 0.25) is 0 Å². The van der Waals surface area contributed by atoms with Gasteiger partial charge in [0.2, 0.25) is 0 Å². The predicted molar refractivity (Wildman–Crippen MR) is 83.5 cm³/mol. The molecule has 21 heavy (non-hydrogen) atoms. The Hall–Kier alpha value is -1.91. The number of hydrogen-bond acceptors (Lipinski definition) is 4. The van der Waals surface area contributed by atoms with Crippen molar-refractivity contribution in [3.63, 3.8) is 0 Å². The molecule has 0 fully saturated rings. The molecule has 5 nitrogen and oxygen atoms in total. The Balaban J connectivity index is 3.00. The molecule has 1 aromatic rings. The third-order valence-electron chi connectivity index (χ3n) is 3.30. The van der Waals surface area contributed by atoms with E-state index in [4.69, 9.17) is 14.6 Å². The van der Waals surface area contributed by atoms with Gasteiger partial charge in [-0.1, -0.05) is 13.8 Å². The van der Waals surface area contributed by atoms with Crippen LogP contribution < -0.4 is 14.4 Å². The van der Waals surface area contributed by atoms with E-state index >= 15 is 0 Å². The fourth-order valence-corrected chi connectivity index (χ4v) is 2.04. The Bertz CT molecular complexity index is 460. The van der Waals surface area contributed by atoms with Crippen LogP contribution in [-0.2, 0) is 4.79 Å². The van der Waals surface area contributed by atoms with Crippen LogP contribution in [0.15, 0.2) is 18.2 Å². The molecule has 0 radical (unpaired) electrons. The monoisotopic (exact) mass is 295 g/mol. The lowest BCUT2D eigenvalue weighted by Crippen LogP contribution is -2.28. The van der Waals surface area contributed by atoms with Gasteiger partial charge in [-0.2, -0.15) is 0 Å². The van der Waals surface area contributed by atoms with Crippen molar-refractivity contribution < 1.29 is 19.4 Å². The van der Waals surface area contributed by atoms with Gasteiger partial charge >= 0.3 is 5.97 Å². The first kappa shape index (κ1) is 17.1. The Kier molecular flexibility index (Phi) is 6.85. The van der Waals surface area contributed by atoms with Crippen molar-refractivity contribution in [1.29, 1.82) is 0 Å². The fourth-order valence-electron chi connectivity index (χ4n) is 2.04. The molecule has 1 N–H and O–H groups in total. The number of methoxy groups -OCH3 is 2. The zero-order valence-electron chi connectivity index (χ0n) is 13.3. The average Bonchev–Trinajstić information content (AvgIpc) is 2.46. The van der Waals surface area contributed by atoms with Crippen molar-refractivity contribution in [3.05, 3.63) is 18.2 Å². The van der Waals surface area contributed by atoms with Gasteiger partial charge in [-0.3, -0.25) is 4.79 Å². The molecular weight excluding hydrogens is 270 g/mol. The summed E-state index contributed by atoms with van der Waals surface area (Å²) < 4.78 is 10.7. The second-order valence-electron chi connectivity index (χ2n) is 5.35. The molecule has 0 aliphatic heterocycles. The highest BCUT2D eigenvalue weighted by molar-refractivity contribution is 5.68. The summed E-state index contributed by atoms with van der Waals surface area (Å²) >= 11 is 0. The minimum atomic E-state index is -0.800. The smallest absolute Gasteiger partial charge is 0.305 e. The maximum Gasteiger partial charge on any atom is 0.305 e. The number of rotatable bonds is 9. The number of anilines is 1. The van der Waals surface area contributed by atoms with Gasteiger partial charge < -0.3 is 19.5 Å². The van der Waals surface area contributed by atoms with E-state index in [0.717, 1.165) is 30.2 Å². The van der Waals surface area contributed by atoms with Crippen LogP contribution in [0.25, 0.3) is 0 Å². The zero-order valence-corrected chi connectivity index (χ0v) is 13.3. The van der Waals surface area contributed by atoms with Gasteiger partial charge in [0.15, 0.2) is 0 Å². The maximum absolute atomic E-state index is 10.9. The van der Waals surface area contributed by atoms with Crippen molar-refractivity contribution in [2.75, 3.05) is 32.2 Å². The zero-order chi connectivity index (χ0) is 15.8. The molecule has 0 aliphatic carbocycles. The molecular formula is C16H25NO4. The highest BCUT2D eigenvalue weighted by Gasteiger charge is 2.15. The molecule has 0 aromatic heterocycles. The molecule has 118 valence electrons. The van der Waals surface area contributed by atoms with E-state index in [9.17, 15) is 4.79 Å². The summed E-state index contributed by atoms with van der Waals surface area (Å²) in [6, 6.07) is 5.57. The third-order valence-corrected chi connectivity index (χ3v) is 3.30. The summed E-state index contributed by atoms with van der Waals surface area (Å²) in [4.78, 5) is 12.9. The molecule has 5 heteroatoms. The van der Waals surface area contributed by atoms with E-state index < -0.39 is 5.97 Å². The largest absolute Gasteiger partial charge is 0.497 e. The van der Waals surface area contributed by atoms with Gasteiger partial charge in [0.1, 0.15) is 11.5 Å². The quantitative estimate of drug-likeness (QED) is 0.759. The van der Waals surface area contributed by atoms with E-state index in [1.807, 2.05) is 18.2 Å². The van der Waals surface area contributed by atoms with Crippen molar-refractivity contribution in [3.8, 4) is 11.5 Å². The highest BCUT2D eigenvalue weighted by Crippen LogP contribution is 2.32. The molecule has 0 heterocycles. The molecule has 0 spiro atoms. The molecule has 0 bridgehead atoms. The summed E-state index contributed by atoms with van der Waals surface area (Å²) in [7, 11) is 3.23. The van der Waals surface area contributed by atoms with E-state index in [1.54, 1.807) is 14.2 Å². The van der Waals surface area contributed by atoms with Crippen LogP contribution in [0.4, 0.5) is 5.69 Å². The topological polar surface area (TPSA) is 59.0 Å². The van der Waals surface area contributed by atoms with Crippen LogP contribution in [0, 0.1) is 5.92 Å². The van der Waals surface area contributed by atoms with Crippen molar-refractivity contribution in [2.45, 2.75) is 26.7 Å². The summed E-state index contributed by atoms with van der Waals surface area (Å²) in [5.41, 5.74) is 0.874. The molecule has 0 unspecified atom stereocenters. The summed E-state index contributed by atoms with van der Waals surface area (Å²) in [5, 5.41) is 8.93. The molecule has 0 atom stereocenters. The standard InChI is InChI=1S/C16H25NO4/c1-12(2)7-9-17(10-8-16(18)19)14-11-13(20-3)5-6-15(14)21-4/h5-6,11-12H,7-10H2,1-4H3,(H,18,19). The van der Waals surface area contributed by atoms with E-state index in [0.29, 0.717) is 12.5 Å². The van der Waals surface area contributed by atoms with Crippen molar-refractivity contribution in [2.24, 2.45) is 5.92 Å². The van der Waals surface area contributed by atoms with Crippen LogP contribution in [0.5, 0.6) is 11.5 Å². The number of aliphatic carboxylic acids is 1. The van der Waals surface area contributed by atoms with Crippen LogP contribution in [-0.4, -0.2) is 38.4 Å². The number of carboxylic acid groups (broad SMARTS) is 1. The molecule has 0 aliphatic rings. The van der Waals surface area contributed by atoms with Crippen LogP contribution >= 0.6 is 0 Å². The van der Waals surface area contributed by atoms with Gasteiger partial charge in [-0.05, 0) is 24.5 Å². The predicted octanol–water partition coefficient (Wildman–Crippen LogP) is 3.03. The van der Waals surface area contributed by atoms with Gasteiger partial charge in [0.05, 0.1) is 26.3 Å². The number of carbonyl (C=O) groups is 1. The first-order valence-corrected chi connectivity index (χ1v) is 7.16. The summed E-state index contributed by atoms with van der Waals surface area (Å²) in [6.45, 7) is 5.54. The molecule has 1 rings (SSSR count). The van der Waals surface area contributed by atoms with Crippen molar-refractivity contribution in [1.82, 2.24) is 0 Å². The Labute approximate surface area is 126 Å². The van der Waals surface area contributed by atoms with Gasteiger partial charge in [-0.15, -0.1) is 0 Å². The van der Waals surface area contributed by atoms with Gasteiger partial charge in [0.25, 0.3) is 0 Å². The maximum atomic E-state index is 10.9. The fraction of sp³-hybridized carbons (Fsp3) is 0.562. The number of nitrogens with zero attached hydrogens (tertiary/aromatic N) is 1. The lowest BCUT2D eigenvalue weighted by atomic mass is 10.1. The normalized spacial score (nSPS) is 10.5. The minimum absolute atomic E-state index is 0.0957. The molecule has 0 amide bonds. The van der Waals surface area contributed by atoms with E-state index in [-0.39, 0.29) is 6.42 Å². The number of hydrogen-bond donors (Lipinski definition) is 1. The number of benzene rings is 1. The lowest BCUT2D eigenvalue weighted by Gasteiger charge is -2.27. The van der Waals surface area contributed by atoms with Gasteiger partial charge in [-0.25, -0.2) is 0 Å². The first-order chi connectivity index (χ1) is 9.97. The summed E-state index contributed by atoms with van der Waals surface area (Å²) in [6.07, 6.45) is 1.08. The molecule has 0 saturated carbocycles. The molecule has 1 aromatic carbocycles. The van der Waals surface area contributed by atoms with E-state index in [2.05, 4.69) is 18.7 Å². The van der Waals surface area contributed by atoms with Gasteiger partial charge in [0, 0.05) is 19.2 Å². The first-order valence-electron chi connectivity index (χ1n) is 7.16. The number of ether oxygens (including phenoxy) is 2. The second kappa shape index (κ2) is 8.39. The van der Waals surface area contributed by atoms with Crippen LogP contribution in [0.3, 0.4) is 0 Å². The average molecular weight is 295 g/mol. The second-order valence-corrected chi connectivity index (χ2v) is 5.35. The highest BCUT2D eigenvalue weighted by atomic mass is 16.5. The minimum Gasteiger partial charge on any atom is -0.497 e.